The largest absolute Gasteiger partial charge is 0.573 e. The molecule has 1 N–H and O–H groups in total. The van der Waals surface area contributed by atoms with Crippen molar-refractivity contribution in [1.82, 2.24) is 0 Å². The average Bonchev–Trinajstić information content (AvgIpc) is 2.66. The van der Waals surface area contributed by atoms with Crippen molar-refractivity contribution in [1.29, 1.82) is 0 Å². The molecule has 0 aliphatic heterocycles. The SMILES string of the molecule is Cc1sc(CNc2ccc(Br)cc2OC(F)(F)F)cc1Br. The van der Waals surface area contributed by atoms with Crippen LogP contribution in [0.1, 0.15) is 9.75 Å². The third kappa shape index (κ3) is 4.89. The van der Waals surface area contributed by atoms with Gasteiger partial charge in [0.2, 0.25) is 0 Å². The van der Waals surface area contributed by atoms with E-state index in [0.29, 0.717) is 11.0 Å². The molecule has 2 rings (SSSR count). The number of thiophene rings is 1. The molecule has 0 aliphatic rings. The molecule has 0 saturated heterocycles. The molecule has 0 saturated carbocycles. The van der Waals surface area contributed by atoms with Crippen LogP contribution in [-0.4, -0.2) is 6.36 Å². The van der Waals surface area contributed by atoms with Gasteiger partial charge in [0.1, 0.15) is 0 Å². The number of nitrogens with one attached hydrogen (secondary N) is 1. The Kier molecular flexibility index (Phi) is 5.21. The van der Waals surface area contributed by atoms with Crippen LogP contribution in [-0.2, 0) is 6.54 Å². The van der Waals surface area contributed by atoms with Crippen LogP contribution in [0.4, 0.5) is 18.9 Å². The molecule has 0 atom stereocenters. The summed E-state index contributed by atoms with van der Waals surface area (Å²) in [7, 11) is 0. The highest BCUT2D eigenvalue weighted by Crippen LogP contribution is 2.34. The molecule has 2 aromatic rings. The van der Waals surface area contributed by atoms with Crippen molar-refractivity contribution in [2.75, 3.05) is 5.32 Å². The fraction of sp³-hybridized carbons (Fsp3) is 0.231. The van der Waals surface area contributed by atoms with Crippen LogP contribution in [0.5, 0.6) is 5.75 Å². The van der Waals surface area contributed by atoms with Gasteiger partial charge in [-0.05, 0) is 47.1 Å². The average molecular weight is 445 g/mol. The molecule has 0 fully saturated rings. The topological polar surface area (TPSA) is 21.3 Å². The Bertz CT molecular complexity index is 623. The number of hydrogen-bond donors (Lipinski definition) is 1. The first-order valence-corrected chi connectivity index (χ1v) is 8.19. The zero-order valence-corrected chi connectivity index (χ0v) is 14.7. The van der Waals surface area contributed by atoms with E-state index in [-0.39, 0.29) is 11.4 Å². The Labute approximate surface area is 140 Å². The van der Waals surface area contributed by atoms with Gasteiger partial charge in [-0.3, -0.25) is 0 Å². The van der Waals surface area contributed by atoms with Gasteiger partial charge in [-0.1, -0.05) is 15.9 Å². The summed E-state index contributed by atoms with van der Waals surface area (Å²) < 4.78 is 42.8. The fourth-order valence-electron chi connectivity index (χ4n) is 1.64. The van der Waals surface area contributed by atoms with Crippen molar-refractivity contribution in [2.45, 2.75) is 19.8 Å². The molecule has 1 aromatic heterocycles. The van der Waals surface area contributed by atoms with E-state index in [1.54, 1.807) is 23.5 Å². The smallest absolute Gasteiger partial charge is 0.404 e. The number of benzene rings is 1. The molecular formula is C13H10Br2F3NOS. The van der Waals surface area contributed by atoms with E-state index in [2.05, 4.69) is 41.9 Å². The van der Waals surface area contributed by atoms with E-state index < -0.39 is 6.36 Å². The van der Waals surface area contributed by atoms with E-state index in [1.807, 2.05) is 13.0 Å². The molecule has 0 radical (unpaired) electrons. The third-order valence-corrected chi connectivity index (χ3v) is 5.16. The van der Waals surface area contributed by atoms with Gasteiger partial charge in [0, 0.05) is 25.2 Å². The molecule has 114 valence electrons. The second-order valence-electron chi connectivity index (χ2n) is 4.16. The van der Waals surface area contributed by atoms with Gasteiger partial charge in [-0.25, -0.2) is 0 Å². The van der Waals surface area contributed by atoms with E-state index in [0.717, 1.165) is 14.2 Å². The van der Waals surface area contributed by atoms with Gasteiger partial charge in [-0.15, -0.1) is 24.5 Å². The lowest BCUT2D eigenvalue weighted by Gasteiger charge is -2.14. The van der Waals surface area contributed by atoms with Crippen LogP contribution in [0.15, 0.2) is 33.2 Å². The summed E-state index contributed by atoms with van der Waals surface area (Å²) in [4.78, 5) is 2.13. The number of hydrogen-bond acceptors (Lipinski definition) is 3. The standard InChI is InChI=1S/C13H10Br2F3NOS/c1-7-10(15)5-9(21-7)6-19-11-3-2-8(14)4-12(11)20-13(16,17)18/h2-5,19H,6H2,1H3. The van der Waals surface area contributed by atoms with Gasteiger partial charge in [0.25, 0.3) is 0 Å². The molecule has 8 heteroatoms. The molecule has 21 heavy (non-hydrogen) atoms. The van der Waals surface area contributed by atoms with Crippen molar-refractivity contribution in [3.8, 4) is 5.75 Å². The Morgan fingerprint density at radius 2 is 1.95 bits per heavy atom. The number of rotatable bonds is 4. The molecule has 0 bridgehead atoms. The van der Waals surface area contributed by atoms with Crippen LogP contribution in [0.3, 0.4) is 0 Å². The first kappa shape index (κ1) is 16.6. The number of ether oxygens (including phenoxy) is 1. The Hall–Kier alpha value is -0.730. The van der Waals surface area contributed by atoms with E-state index >= 15 is 0 Å². The monoisotopic (exact) mass is 443 g/mol. The van der Waals surface area contributed by atoms with Crippen molar-refractivity contribution in [3.63, 3.8) is 0 Å². The van der Waals surface area contributed by atoms with Gasteiger partial charge in [0.15, 0.2) is 5.75 Å². The van der Waals surface area contributed by atoms with E-state index in [4.69, 9.17) is 0 Å². The van der Waals surface area contributed by atoms with Gasteiger partial charge in [-0.2, -0.15) is 0 Å². The molecule has 0 amide bonds. The lowest BCUT2D eigenvalue weighted by atomic mass is 10.3. The second kappa shape index (κ2) is 6.58. The van der Waals surface area contributed by atoms with E-state index in [1.165, 1.54) is 6.07 Å². The number of halogens is 5. The summed E-state index contributed by atoms with van der Waals surface area (Å²) >= 11 is 8.12. The van der Waals surface area contributed by atoms with Crippen molar-refractivity contribution >= 4 is 48.9 Å². The van der Waals surface area contributed by atoms with Crippen LogP contribution in [0.25, 0.3) is 0 Å². The Morgan fingerprint density at radius 1 is 1.24 bits per heavy atom. The van der Waals surface area contributed by atoms with E-state index in [9.17, 15) is 13.2 Å². The molecule has 0 unspecified atom stereocenters. The minimum Gasteiger partial charge on any atom is -0.404 e. The fourth-order valence-corrected chi connectivity index (χ4v) is 3.52. The predicted octanol–water partition coefficient (Wildman–Crippen LogP) is 6.09. The minimum absolute atomic E-state index is 0.260. The predicted molar refractivity (Wildman–Crippen MR) is 84.9 cm³/mol. The van der Waals surface area contributed by atoms with Gasteiger partial charge in [0.05, 0.1) is 5.69 Å². The van der Waals surface area contributed by atoms with Crippen LogP contribution < -0.4 is 10.1 Å². The Balaban J connectivity index is 2.15. The number of aryl methyl sites for hydroxylation is 1. The maximum absolute atomic E-state index is 12.4. The molecule has 2 nitrogen and oxygen atoms in total. The highest BCUT2D eigenvalue weighted by Gasteiger charge is 2.32. The summed E-state index contributed by atoms with van der Waals surface area (Å²) in [5, 5.41) is 2.96. The number of alkyl halides is 3. The summed E-state index contributed by atoms with van der Waals surface area (Å²) in [6.07, 6.45) is -4.72. The first-order valence-electron chi connectivity index (χ1n) is 5.78. The number of anilines is 1. The third-order valence-electron chi connectivity index (χ3n) is 2.53. The van der Waals surface area contributed by atoms with Crippen molar-refractivity contribution in [3.05, 3.63) is 43.0 Å². The van der Waals surface area contributed by atoms with Crippen LogP contribution in [0.2, 0.25) is 0 Å². The van der Waals surface area contributed by atoms with Gasteiger partial charge < -0.3 is 10.1 Å². The van der Waals surface area contributed by atoms with Crippen molar-refractivity contribution < 1.29 is 17.9 Å². The normalized spacial score (nSPS) is 11.5. The van der Waals surface area contributed by atoms with Crippen LogP contribution >= 0.6 is 43.2 Å². The molecule has 0 aliphatic carbocycles. The molecule has 0 spiro atoms. The lowest BCUT2D eigenvalue weighted by Crippen LogP contribution is -2.18. The molecular weight excluding hydrogens is 435 g/mol. The summed E-state index contributed by atoms with van der Waals surface area (Å²) in [6, 6.07) is 6.42. The summed E-state index contributed by atoms with van der Waals surface area (Å²) in [5.74, 6) is -0.260. The second-order valence-corrected chi connectivity index (χ2v) is 7.27. The summed E-state index contributed by atoms with van der Waals surface area (Å²) in [5.41, 5.74) is 0.290. The minimum atomic E-state index is -4.72. The van der Waals surface area contributed by atoms with Gasteiger partial charge >= 0.3 is 6.36 Å². The van der Waals surface area contributed by atoms with Crippen molar-refractivity contribution in [2.24, 2.45) is 0 Å². The maximum Gasteiger partial charge on any atom is 0.573 e. The quantitative estimate of drug-likeness (QED) is 0.615. The lowest BCUT2D eigenvalue weighted by molar-refractivity contribution is -0.274. The van der Waals surface area contributed by atoms with Crippen LogP contribution in [0, 0.1) is 6.92 Å². The molecule has 1 aromatic carbocycles. The highest BCUT2D eigenvalue weighted by molar-refractivity contribution is 9.10. The Morgan fingerprint density at radius 3 is 2.52 bits per heavy atom. The molecule has 1 heterocycles. The summed E-state index contributed by atoms with van der Waals surface area (Å²) in [6.45, 7) is 2.39. The first-order chi connectivity index (χ1) is 9.74. The zero-order chi connectivity index (χ0) is 15.6. The zero-order valence-electron chi connectivity index (χ0n) is 10.7. The highest BCUT2D eigenvalue weighted by atomic mass is 79.9. The maximum atomic E-state index is 12.4.